The second kappa shape index (κ2) is 8.22. The topological polar surface area (TPSA) is 35.6 Å². The number of hydrogen-bond donors (Lipinski definition) is 1. The van der Waals surface area contributed by atoms with Crippen molar-refractivity contribution in [1.29, 1.82) is 0 Å². The molecule has 1 atom stereocenters. The fourth-order valence-corrected chi connectivity index (χ4v) is 2.62. The van der Waals surface area contributed by atoms with Crippen molar-refractivity contribution in [3.63, 3.8) is 0 Å². The molecule has 1 fully saturated rings. The fraction of sp³-hybridized carbons (Fsp3) is 0.500. The van der Waals surface area contributed by atoms with E-state index in [1.807, 2.05) is 6.92 Å². The largest absolute Gasteiger partial charge is 0.325 e. The van der Waals surface area contributed by atoms with Gasteiger partial charge >= 0.3 is 0 Å². The number of carbonyl (C=O) groups is 1. The smallest absolute Gasteiger partial charge is 0.241 e. The molecule has 1 amide bonds. The number of nitrogens with one attached hydrogen (secondary N) is 1. The fourth-order valence-electron chi connectivity index (χ4n) is 2.62. The maximum atomic E-state index is 13.2. The maximum absolute atomic E-state index is 13.2. The van der Waals surface area contributed by atoms with Crippen LogP contribution in [0.5, 0.6) is 0 Å². The van der Waals surface area contributed by atoms with E-state index in [-0.39, 0.29) is 17.8 Å². The van der Waals surface area contributed by atoms with E-state index in [0.29, 0.717) is 5.69 Å². The summed E-state index contributed by atoms with van der Waals surface area (Å²) in [5.74, 6) is -0.434. The Morgan fingerprint density at radius 1 is 1.30 bits per heavy atom. The molecular weight excluding hydrogens is 293 g/mol. The zero-order valence-corrected chi connectivity index (χ0v) is 14.2. The average molecular weight is 319 g/mol. The van der Waals surface area contributed by atoms with Crippen LogP contribution in [0, 0.1) is 5.82 Å². The molecule has 0 aliphatic carbocycles. The third-order valence-corrected chi connectivity index (χ3v) is 4.18. The minimum Gasteiger partial charge on any atom is -0.325 e. The van der Waals surface area contributed by atoms with Gasteiger partial charge in [0, 0.05) is 38.4 Å². The molecule has 1 N–H and O–H groups in total. The number of nitrogens with zero attached hydrogens (tertiary/aromatic N) is 2. The highest BCUT2D eigenvalue weighted by molar-refractivity contribution is 5.94. The molecule has 2 rings (SSSR count). The SMILES string of the molecule is CC(C)=CCN1CCN(C(C)C(=O)Nc2cccc(F)c2)CC1. The van der Waals surface area contributed by atoms with Crippen LogP contribution in [0.2, 0.25) is 0 Å². The van der Waals surface area contributed by atoms with E-state index in [1.54, 1.807) is 12.1 Å². The van der Waals surface area contributed by atoms with Crippen LogP contribution in [-0.4, -0.2) is 54.5 Å². The van der Waals surface area contributed by atoms with Gasteiger partial charge in [0.2, 0.25) is 5.91 Å². The van der Waals surface area contributed by atoms with E-state index < -0.39 is 0 Å². The summed E-state index contributed by atoms with van der Waals surface area (Å²) in [6.07, 6.45) is 2.23. The number of hydrogen-bond acceptors (Lipinski definition) is 3. The quantitative estimate of drug-likeness (QED) is 0.848. The molecule has 1 aliphatic heterocycles. The molecule has 126 valence electrons. The molecule has 0 aromatic heterocycles. The number of amides is 1. The molecule has 5 heteroatoms. The normalized spacial score (nSPS) is 17.6. The van der Waals surface area contributed by atoms with Gasteiger partial charge in [-0.1, -0.05) is 17.7 Å². The number of carbonyl (C=O) groups excluding carboxylic acids is 1. The zero-order chi connectivity index (χ0) is 16.8. The van der Waals surface area contributed by atoms with Gasteiger partial charge in [-0.3, -0.25) is 14.6 Å². The summed E-state index contributed by atoms with van der Waals surface area (Å²) >= 11 is 0. The average Bonchev–Trinajstić information content (AvgIpc) is 2.52. The van der Waals surface area contributed by atoms with Crippen molar-refractivity contribution >= 4 is 11.6 Å². The van der Waals surface area contributed by atoms with Crippen molar-refractivity contribution < 1.29 is 9.18 Å². The minimum atomic E-state index is -0.344. The van der Waals surface area contributed by atoms with Crippen molar-refractivity contribution in [3.8, 4) is 0 Å². The van der Waals surface area contributed by atoms with Gasteiger partial charge in [0.1, 0.15) is 5.82 Å². The Balaban J connectivity index is 1.83. The third-order valence-electron chi connectivity index (χ3n) is 4.18. The summed E-state index contributed by atoms with van der Waals surface area (Å²) in [6, 6.07) is 5.78. The first kappa shape index (κ1) is 17.6. The zero-order valence-electron chi connectivity index (χ0n) is 14.2. The molecule has 1 aromatic rings. The monoisotopic (exact) mass is 319 g/mol. The van der Waals surface area contributed by atoms with E-state index in [4.69, 9.17) is 0 Å². The van der Waals surface area contributed by atoms with Crippen LogP contribution in [0.25, 0.3) is 0 Å². The molecule has 1 aromatic carbocycles. The first-order valence-corrected chi connectivity index (χ1v) is 8.12. The lowest BCUT2D eigenvalue weighted by atomic mass is 10.2. The molecule has 1 heterocycles. The second-order valence-corrected chi connectivity index (χ2v) is 6.29. The first-order valence-electron chi connectivity index (χ1n) is 8.12. The van der Waals surface area contributed by atoms with Crippen LogP contribution in [-0.2, 0) is 4.79 Å². The summed E-state index contributed by atoms with van der Waals surface area (Å²) < 4.78 is 13.2. The van der Waals surface area contributed by atoms with Crippen LogP contribution in [0.4, 0.5) is 10.1 Å². The van der Waals surface area contributed by atoms with Gasteiger partial charge in [-0.2, -0.15) is 0 Å². The van der Waals surface area contributed by atoms with Crippen molar-refractivity contribution in [2.45, 2.75) is 26.8 Å². The van der Waals surface area contributed by atoms with Gasteiger partial charge in [-0.05, 0) is 39.0 Å². The van der Waals surface area contributed by atoms with Crippen LogP contribution < -0.4 is 5.32 Å². The lowest BCUT2D eigenvalue weighted by Gasteiger charge is -2.37. The first-order chi connectivity index (χ1) is 11.0. The highest BCUT2D eigenvalue weighted by Crippen LogP contribution is 2.12. The number of anilines is 1. The van der Waals surface area contributed by atoms with Gasteiger partial charge in [0.25, 0.3) is 0 Å². The standard InChI is InChI=1S/C18H26FN3O/c1-14(2)7-8-21-9-11-22(12-10-21)15(3)18(23)20-17-6-4-5-16(19)13-17/h4-7,13,15H,8-12H2,1-3H3,(H,20,23). The lowest BCUT2D eigenvalue weighted by Crippen LogP contribution is -2.52. The van der Waals surface area contributed by atoms with Crippen LogP contribution in [0.3, 0.4) is 0 Å². The molecule has 1 saturated heterocycles. The van der Waals surface area contributed by atoms with Crippen molar-refractivity contribution in [2.24, 2.45) is 0 Å². The van der Waals surface area contributed by atoms with E-state index >= 15 is 0 Å². The number of piperazine rings is 1. The van der Waals surface area contributed by atoms with Gasteiger partial charge in [-0.25, -0.2) is 4.39 Å². The van der Waals surface area contributed by atoms with Gasteiger partial charge in [0.05, 0.1) is 6.04 Å². The molecule has 0 spiro atoms. The Morgan fingerprint density at radius 2 is 2.00 bits per heavy atom. The van der Waals surface area contributed by atoms with Crippen molar-refractivity contribution in [1.82, 2.24) is 9.80 Å². The Kier molecular flexibility index (Phi) is 6.30. The number of halogens is 1. The van der Waals surface area contributed by atoms with Crippen molar-refractivity contribution in [3.05, 3.63) is 41.7 Å². The second-order valence-electron chi connectivity index (χ2n) is 6.29. The summed E-state index contributed by atoms with van der Waals surface area (Å²) in [5, 5.41) is 2.79. The van der Waals surface area contributed by atoms with Gasteiger partial charge in [0.15, 0.2) is 0 Å². The molecular formula is C18H26FN3O. The molecule has 0 saturated carbocycles. The molecule has 4 nitrogen and oxygen atoms in total. The molecule has 0 radical (unpaired) electrons. The molecule has 1 unspecified atom stereocenters. The summed E-state index contributed by atoms with van der Waals surface area (Å²) in [6.45, 7) is 10.7. The third kappa shape index (κ3) is 5.44. The summed E-state index contributed by atoms with van der Waals surface area (Å²) in [4.78, 5) is 16.9. The van der Waals surface area contributed by atoms with Gasteiger partial charge in [-0.15, -0.1) is 0 Å². The van der Waals surface area contributed by atoms with Gasteiger partial charge < -0.3 is 5.32 Å². The van der Waals surface area contributed by atoms with E-state index in [1.165, 1.54) is 17.7 Å². The predicted molar refractivity (Wildman–Crippen MR) is 91.9 cm³/mol. The van der Waals surface area contributed by atoms with E-state index in [0.717, 1.165) is 32.7 Å². The summed E-state index contributed by atoms with van der Waals surface area (Å²) in [5.41, 5.74) is 1.83. The van der Waals surface area contributed by atoms with Crippen molar-refractivity contribution in [2.75, 3.05) is 38.0 Å². The highest BCUT2D eigenvalue weighted by atomic mass is 19.1. The molecule has 0 bridgehead atoms. The number of rotatable bonds is 5. The Morgan fingerprint density at radius 3 is 2.61 bits per heavy atom. The molecule has 1 aliphatic rings. The maximum Gasteiger partial charge on any atom is 0.241 e. The Labute approximate surface area is 138 Å². The van der Waals surface area contributed by atoms with Crippen LogP contribution >= 0.6 is 0 Å². The number of allylic oxidation sites excluding steroid dienone is 1. The van der Waals surface area contributed by atoms with E-state index in [2.05, 4.69) is 35.0 Å². The summed E-state index contributed by atoms with van der Waals surface area (Å²) in [7, 11) is 0. The van der Waals surface area contributed by atoms with Crippen LogP contribution in [0.15, 0.2) is 35.9 Å². The van der Waals surface area contributed by atoms with Crippen LogP contribution in [0.1, 0.15) is 20.8 Å². The number of benzene rings is 1. The predicted octanol–water partition coefficient (Wildman–Crippen LogP) is 2.74. The Hall–Kier alpha value is -1.72. The molecule has 23 heavy (non-hydrogen) atoms. The lowest BCUT2D eigenvalue weighted by molar-refractivity contribution is -0.121. The minimum absolute atomic E-state index is 0.0895. The Bertz CT molecular complexity index is 561. The van der Waals surface area contributed by atoms with E-state index in [9.17, 15) is 9.18 Å². The highest BCUT2D eigenvalue weighted by Gasteiger charge is 2.25.